The average molecular weight is 243 g/mol. The van der Waals surface area contributed by atoms with Gasteiger partial charge in [0, 0.05) is 0 Å². The lowest BCUT2D eigenvalue weighted by molar-refractivity contribution is 0.441. The van der Waals surface area contributed by atoms with E-state index < -0.39 is 23.5 Å². The number of hydrogen-bond donors (Lipinski definition) is 1. The third-order valence-corrected chi connectivity index (χ3v) is 2.14. The lowest BCUT2D eigenvalue weighted by Gasteiger charge is -2.08. The molecule has 8 heteroatoms. The van der Waals surface area contributed by atoms with Gasteiger partial charge in [-0.3, -0.25) is 0 Å². The van der Waals surface area contributed by atoms with Crippen LogP contribution < -0.4 is 5.73 Å². The molecule has 0 saturated carbocycles. The van der Waals surface area contributed by atoms with E-state index >= 15 is 0 Å². The molecule has 1 unspecified atom stereocenters. The van der Waals surface area contributed by atoms with Crippen molar-refractivity contribution < 1.29 is 13.2 Å². The second-order valence-electron chi connectivity index (χ2n) is 3.43. The van der Waals surface area contributed by atoms with E-state index in [-0.39, 0.29) is 11.5 Å². The lowest BCUT2D eigenvalue weighted by atomic mass is 10.2. The Bertz CT molecular complexity index is 552. The fourth-order valence-corrected chi connectivity index (χ4v) is 1.33. The third-order valence-electron chi connectivity index (χ3n) is 2.14. The summed E-state index contributed by atoms with van der Waals surface area (Å²) in [6.45, 7) is 1.58. The first-order valence-corrected chi connectivity index (χ1v) is 4.70. The maximum atomic E-state index is 13.5. The topological polar surface area (TPSA) is 69.6 Å². The number of halogens is 3. The molecule has 0 saturated heterocycles. The zero-order chi connectivity index (χ0) is 12.6. The number of benzene rings is 1. The van der Waals surface area contributed by atoms with Crippen molar-refractivity contribution in [3.05, 3.63) is 35.4 Å². The molecule has 1 heterocycles. The molecule has 1 aromatic carbocycles. The van der Waals surface area contributed by atoms with Gasteiger partial charge in [0.1, 0.15) is 5.69 Å². The van der Waals surface area contributed by atoms with Crippen molar-refractivity contribution in [1.29, 1.82) is 0 Å². The fourth-order valence-electron chi connectivity index (χ4n) is 1.33. The zero-order valence-electron chi connectivity index (χ0n) is 8.73. The third kappa shape index (κ3) is 1.86. The Morgan fingerprint density at radius 3 is 2.59 bits per heavy atom. The number of nitrogens with zero attached hydrogens (tertiary/aromatic N) is 4. The van der Waals surface area contributed by atoms with E-state index in [0.717, 1.165) is 16.8 Å². The second kappa shape index (κ2) is 4.13. The smallest absolute Gasteiger partial charge is 0.196 e. The van der Waals surface area contributed by atoms with Crippen LogP contribution in [0.1, 0.15) is 18.8 Å². The van der Waals surface area contributed by atoms with Crippen LogP contribution in [0.15, 0.2) is 12.1 Å². The van der Waals surface area contributed by atoms with Crippen LogP contribution in [-0.4, -0.2) is 20.2 Å². The van der Waals surface area contributed by atoms with Crippen molar-refractivity contribution >= 4 is 0 Å². The van der Waals surface area contributed by atoms with E-state index in [4.69, 9.17) is 5.73 Å². The van der Waals surface area contributed by atoms with Gasteiger partial charge in [0.2, 0.25) is 0 Å². The highest BCUT2D eigenvalue weighted by Crippen LogP contribution is 2.20. The quantitative estimate of drug-likeness (QED) is 0.802. The van der Waals surface area contributed by atoms with Crippen molar-refractivity contribution in [3.63, 3.8) is 0 Å². The van der Waals surface area contributed by atoms with Crippen LogP contribution in [0.4, 0.5) is 13.2 Å². The maximum absolute atomic E-state index is 13.5. The number of rotatable bonds is 2. The maximum Gasteiger partial charge on any atom is 0.196 e. The minimum atomic E-state index is -1.58. The monoisotopic (exact) mass is 243 g/mol. The molecule has 1 atom stereocenters. The summed E-state index contributed by atoms with van der Waals surface area (Å²) in [6.07, 6.45) is 0. The zero-order valence-corrected chi connectivity index (χ0v) is 8.73. The molecule has 0 aliphatic rings. The van der Waals surface area contributed by atoms with Crippen LogP contribution >= 0.6 is 0 Å². The number of tetrazole rings is 1. The van der Waals surface area contributed by atoms with Crippen molar-refractivity contribution in [3.8, 4) is 5.69 Å². The van der Waals surface area contributed by atoms with Crippen LogP contribution in [0.2, 0.25) is 0 Å². The molecule has 0 aliphatic heterocycles. The van der Waals surface area contributed by atoms with Gasteiger partial charge >= 0.3 is 0 Å². The van der Waals surface area contributed by atoms with Crippen LogP contribution in [0.3, 0.4) is 0 Å². The summed E-state index contributed by atoms with van der Waals surface area (Å²) in [5.41, 5.74) is 5.27. The summed E-state index contributed by atoms with van der Waals surface area (Å²) in [4.78, 5) is 0. The van der Waals surface area contributed by atoms with Crippen LogP contribution in [0, 0.1) is 17.5 Å². The fraction of sp³-hybridized carbons (Fsp3) is 0.222. The van der Waals surface area contributed by atoms with E-state index in [1.54, 1.807) is 6.92 Å². The molecular formula is C9H8F3N5. The minimum Gasteiger partial charge on any atom is -0.321 e. The minimum absolute atomic E-state index is 0.148. The summed E-state index contributed by atoms with van der Waals surface area (Å²) in [6, 6.07) is 1.26. The van der Waals surface area contributed by atoms with Gasteiger partial charge in [0.05, 0.1) is 6.04 Å². The molecule has 2 aromatic rings. The largest absolute Gasteiger partial charge is 0.321 e. The Labute approximate surface area is 94.0 Å². The number of aromatic nitrogens is 4. The van der Waals surface area contributed by atoms with Gasteiger partial charge in [-0.05, 0) is 29.5 Å². The molecule has 5 nitrogen and oxygen atoms in total. The number of nitrogens with two attached hydrogens (primary N) is 1. The van der Waals surface area contributed by atoms with Crippen molar-refractivity contribution in [2.24, 2.45) is 5.73 Å². The van der Waals surface area contributed by atoms with Crippen molar-refractivity contribution in [1.82, 2.24) is 20.2 Å². The number of hydrogen-bond acceptors (Lipinski definition) is 4. The molecule has 0 spiro atoms. The molecule has 0 bridgehead atoms. The molecule has 0 amide bonds. The predicted molar refractivity (Wildman–Crippen MR) is 51.6 cm³/mol. The normalized spacial score (nSPS) is 12.8. The van der Waals surface area contributed by atoms with E-state index in [1.165, 1.54) is 0 Å². The average Bonchev–Trinajstić information content (AvgIpc) is 2.75. The molecule has 2 N–H and O–H groups in total. The van der Waals surface area contributed by atoms with Gasteiger partial charge in [0.25, 0.3) is 0 Å². The molecular weight excluding hydrogens is 235 g/mol. The summed E-state index contributed by atoms with van der Waals surface area (Å²) < 4.78 is 40.2. The van der Waals surface area contributed by atoms with Gasteiger partial charge in [-0.2, -0.15) is 4.68 Å². The van der Waals surface area contributed by atoms with Gasteiger partial charge in [-0.1, -0.05) is 0 Å². The van der Waals surface area contributed by atoms with Gasteiger partial charge in [-0.15, -0.1) is 5.10 Å². The molecule has 0 radical (unpaired) electrons. The molecule has 17 heavy (non-hydrogen) atoms. The van der Waals surface area contributed by atoms with Crippen LogP contribution in [-0.2, 0) is 0 Å². The van der Waals surface area contributed by atoms with E-state index in [2.05, 4.69) is 15.5 Å². The van der Waals surface area contributed by atoms with E-state index in [1.807, 2.05) is 0 Å². The van der Waals surface area contributed by atoms with Crippen LogP contribution in [0.5, 0.6) is 0 Å². The standard InChI is InChI=1S/C9H8F3N5/c1-4(13)9-14-15-16-17(9)6-3-2-5(10)7(11)8(6)12/h2-4H,13H2,1H3. The Morgan fingerprint density at radius 1 is 1.24 bits per heavy atom. The first-order valence-electron chi connectivity index (χ1n) is 4.70. The molecule has 1 aromatic heterocycles. The highest BCUT2D eigenvalue weighted by molar-refractivity contribution is 5.34. The SMILES string of the molecule is CC(N)c1nnnn1-c1ccc(F)c(F)c1F. The Balaban J connectivity index is 2.61. The van der Waals surface area contributed by atoms with Gasteiger partial charge < -0.3 is 5.73 Å². The Kier molecular flexibility index (Phi) is 2.80. The summed E-state index contributed by atoms with van der Waals surface area (Å²) >= 11 is 0. The summed E-state index contributed by atoms with van der Waals surface area (Å²) in [5, 5.41) is 10.4. The highest BCUT2D eigenvalue weighted by Gasteiger charge is 2.19. The highest BCUT2D eigenvalue weighted by atomic mass is 19.2. The second-order valence-corrected chi connectivity index (χ2v) is 3.43. The molecule has 0 fully saturated rings. The predicted octanol–water partition coefficient (Wildman–Crippen LogP) is 1.10. The van der Waals surface area contributed by atoms with Crippen molar-refractivity contribution in [2.75, 3.05) is 0 Å². The first kappa shape index (κ1) is 11.5. The van der Waals surface area contributed by atoms with E-state index in [0.29, 0.717) is 0 Å². The lowest BCUT2D eigenvalue weighted by Crippen LogP contribution is -2.15. The molecule has 0 aliphatic carbocycles. The van der Waals surface area contributed by atoms with Crippen molar-refractivity contribution in [2.45, 2.75) is 13.0 Å². The van der Waals surface area contributed by atoms with Gasteiger partial charge in [-0.25, -0.2) is 13.2 Å². The van der Waals surface area contributed by atoms with Gasteiger partial charge in [0.15, 0.2) is 23.3 Å². The van der Waals surface area contributed by atoms with E-state index in [9.17, 15) is 13.2 Å². The Hall–Kier alpha value is -1.96. The molecule has 2 rings (SSSR count). The first-order chi connectivity index (χ1) is 8.02. The Morgan fingerprint density at radius 2 is 1.94 bits per heavy atom. The summed E-state index contributed by atoms with van der Waals surface area (Å²) in [5.74, 6) is -4.07. The molecule has 90 valence electrons. The summed E-state index contributed by atoms with van der Waals surface area (Å²) in [7, 11) is 0. The van der Waals surface area contributed by atoms with Crippen LogP contribution in [0.25, 0.3) is 5.69 Å².